The van der Waals surface area contributed by atoms with E-state index in [1.54, 1.807) is 18.2 Å². The largest absolute Gasteiger partial charge is 0.487 e. The fourth-order valence-electron chi connectivity index (χ4n) is 1.70. The minimum Gasteiger partial charge on any atom is -0.487 e. The molecule has 6 nitrogen and oxygen atoms in total. The summed E-state index contributed by atoms with van der Waals surface area (Å²) in [5, 5.41) is 15.6. The average molecular weight is 340 g/mol. The lowest BCUT2D eigenvalue weighted by Crippen LogP contribution is -2.37. The summed E-state index contributed by atoms with van der Waals surface area (Å²) < 4.78 is 11.1. The molecule has 1 atom stereocenters. The van der Waals surface area contributed by atoms with Gasteiger partial charge in [-0.15, -0.1) is 0 Å². The fourth-order valence-corrected chi connectivity index (χ4v) is 1.81. The van der Waals surface area contributed by atoms with E-state index in [2.05, 4.69) is 29.8 Å². The highest BCUT2D eigenvalue weighted by atomic mass is 32.1. The molecule has 3 N–H and O–H groups in total. The summed E-state index contributed by atoms with van der Waals surface area (Å²) in [7, 11) is 0. The fraction of sp³-hybridized carbons (Fsp3) is 0.438. The molecule has 128 valence electrons. The Morgan fingerprint density at radius 3 is 2.65 bits per heavy atom. The van der Waals surface area contributed by atoms with Crippen molar-refractivity contribution in [2.45, 2.75) is 6.10 Å². The topological polar surface area (TPSA) is 79.8 Å². The number of carbonyl (C=O) groups excluding carboxylic acids is 1. The number of carbonyl (C=O) groups is 1. The molecule has 0 saturated heterocycles. The smallest absolute Gasteiger partial charge is 0.229 e. The summed E-state index contributed by atoms with van der Waals surface area (Å²) in [4.78, 5) is 11.0. The van der Waals surface area contributed by atoms with Gasteiger partial charge in [0.15, 0.2) is 11.5 Å². The van der Waals surface area contributed by atoms with Crippen LogP contribution >= 0.6 is 12.6 Å². The molecular weight excluding hydrogens is 316 g/mol. The Labute approximate surface area is 142 Å². The summed E-state index contributed by atoms with van der Waals surface area (Å²) in [6, 6.07) is 7.27. The third-order valence-electron chi connectivity index (χ3n) is 2.78. The minimum atomic E-state index is -0.664. The number of hydrogen-bond acceptors (Lipinski definition) is 6. The lowest BCUT2D eigenvalue weighted by Gasteiger charge is -2.15. The molecule has 0 aromatic heterocycles. The second kappa shape index (κ2) is 11.8. The van der Waals surface area contributed by atoms with Crippen molar-refractivity contribution in [1.82, 2.24) is 10.6 Å². The van der Waals surface area contributed by atoms with E-state index in [1.807, 2.05) is 12.1 Å². The van der Waals surface area contributed by atoms with E-state index in [4.69, 9.17) is 9.47 Å². The van der Waals surface area contributed by atoms with Crippen molar-refractivity contribution in [3.05, 3.63) is 36.9 Å². The van der Waals surface area contributed by atoms with Gasteiger partial charge in [0.25, 0.3) is 0 Å². The molecule has 0 aliphatic rings. The van der Waals surface area contributed by atoms with Gasteiger partial charge in [-0.05, 0) is 12.1 Å². The third kappa shape index (κ3) is 8.49. The molecule has 0 aliphatic heterocycles. The molecule has 1 aromatic carbocycles. The van der Waals surface area contributed by atoms with E-state index < -0.39 is 6.10 Å². The van der Waals surface area contributed by atoms with Crippen LogP contribution in [0, 0.1) is 0 Å². The van der Waals surface area contributed by atoms with Crippen molar-refractivity contribution < 1.29 is 19.4 Å². The van der Waals surface area contributed by atoms with E-state index in [0.717, 1.165) is 0 Å². The Morgan fingerprint density at radius 1 is 1.30 bits per heavy atom. The normalized spacial score (nSPS) is 11.6. The van der Waals surface area contributed by atoms with Crippen LogP contribution in [0.15, 0.2) is 36.9 Å². The van der Waals surface area contributed by atoms with Crippen LogP contribution in [0.2, 0.25) is 0 Å². The van der Waals surface area contributed by atoms with Gasteiger partial charge in [0.05, 0.1) is 5.75 Å². The predicted molar refractivity (Wildman–Crippen MR) is 93.4 cm³/mol. The zero-order chi connectivity index (χ0) is 16.9. The summed E-state index contributed by atoms with van der Waals surface area (Å²) in [6.07, 6.45) is 0.991. The third-order valence-corrected chi connectivity index (χ3v) is 3.07. The summed E-state index contributed by atoms with van der Waals surface area (Å²) in [6.45, 7) is 5.56. The number of ether oxygens (including phenoxy) is 2. The number of benzene rings is 1. The van der Waals surface area contributed by atoms with E-state index in [9.17, 15) is 9.90 Å². The molecule has 1 amide bonds. The van der Waals surface area contributed by atoms with Gasteiger partial charge in [0.2, 0.25) is 5.91 Å². The van der Waals surface area contributed by atoms with Crippen LogP contribution in [0.4, 0.5) is 0 Å². The minimum absolute atomic E-state index is 0.116. The number of thiol groups is 1. The SMILES string of the molecule is C=CCOc1ccccc1OCC(O)CNCCNC(=O)CS. The van der Waals surface area contributed by atoms with E-state index >= 15 is 0 Å². The van der Waals surface area contributed by atoms with Gasteiger partial charge in [-0.3, -0.25) is 4.79 Å². The number of para-hydroxylation sites is 2. The standard InChI is InChI=1S/C16H24N2O4S/c1-2-9-21-14-5-3-4-6-15(14)22-11-13(19)10-17-7-8-18-16(20)12-23/h2-6,13,17,19,23H,1,7-12H2,(H,18,20). The first-order valence-electron chi connectivity index (χ1n) is 7.39. The van der Waals surface area contributed by atoms with Crippen LogP contribution in [0.1, 0.15) is 0 Å². The zero-order valence-corrected chi connectivity index (χ0v) is 13.9. The van der Waals surface area contributed by atoms with Crippen LogP contribution < -0.4 is 20.1 Å². The van der Waals surface area contributed by atoms with Crippen molar-refractivity contribution in [1.29, 1.82) is 0 Å². The maximum Gasteiger partial charge on any atom is 0.229 e. The van der Waals surface area contributed by atoms with Gasteiger partial charge in [0, 0.05) is 19.6 Å². The predicted octanol–water partition coefficient (Wildman–Crippen LogP) is 0.627. The quantitative estimate of drug-likeness (QED) is 0.255. The molecule has 0 saturated carbocycles. The highest BCUT2D eigenvalue weighted by Crippen LogP contribution is 2.26. The number of nitrogens with one attached hydrogen (secondary N) is 2. The summed E-state index contributed by atoms with van der Waals surface area (Å²) in [5.74, 6) is 1.25. The number of hydrogen-bond donors (Lipinski definition) is 4. The van der Waals surface area contributed by atoms with Gasteiger partial charge >= 0.3 is 0 Å². The summed E-state index contributed by atoms with van der Waals surface area (Å²) in [5.41, 5.74) is 0. The number of amides is 1. The number of rotatable bonds is 12. The molecule has 0 aliphatic carbocycles. The van der Waals surface area contributed by atoms with Crippen molar-refractivity contribution >= 4 is 18.5 Å². The van der Waals surface area contributed by atoms with Gasteiger partial charge in [0.1, 0.15) is 19.3 Å². The second-order valence-corrected chi connectivity index (χ2v) is 5.04. The van der Waals surface area contributed by atoms with Crippen LogP contribution in [0.3, 0.4) is 0 Å². The molecule has 1 rings (SSSR count). The Hall–Kier alpha value is -1.70. The first-order chi connectivity index (χ1) is 11.2. The molecule has 0 fully saturated rings. The van der Waals surface area contributed by atoms with Gasteiger partial charge in [-0.1, -0.05) is 24.8 Å². The molecule has 23 heavy (non-hydrogen) atoms. The van der Waals surface area contributed by atoms with E-state index in [-0.39, 0.29) is 18.3 Å². The molecule has 0 bridgehead atoms. The highest BCUT2D eigenvalue weighted by molar-refractivity contribution is 7.81. The van der Waals surface area contributed by atoms with Crippen molar-refractivity contribution in [2.24, 2.45) is 0 Å². The first-order valence-corrected chi connectivity index (χ1v) is 8.02. The molecule has 0 spiro atoms. The maximum atomic E-state index is 11.0. The van der Waals surface area contributed by atoms with Crippen LogP contribution in [-0.2, 0) is 4.79 Å². The van der Waals surface area contributed by atoms with E-state index in [0.29, 0.717) is 37.7 Å². The lowest BCUT2D eigenvalue weighted by atomic mass is 10.3. The monoisotopic (exact) mass is 340 g/mol. The maximum absolute atomic E-state index is 11.0. The molecular formula is C16H24N2O4S. The van der Waals surface area contributed by atoms with Gasteiger partial charge in [-0.2, -0.15) is 12.6 Å². The molecule has 0 heterocycles. The van der Waals surface area contributed by atoms with Crippen LogP contribution in [0.25, 0.3) is 0 Å². The van der Waals surface area contributed by atoms with Crippen LogP contribution in [0.5, 0.6) is 11.5 Å². The van der Waals surface area contributed by atoms with Crippen molar-refractivity contribution in [3.8, 4) is 11.5 Å². The van der Waals surface area contributed by atoms with Gasteiger partial charge < -0.3 is 25.2 Å². The number of aliphatic hydroxyl groups is 1. The zero-order valence-electron chi connectivity index (χ0n) is 13.0. The molecule has 1 unspecified atom stereocenters. The number of aliphatic hydroxyl groups excluding tert-OH is 1. The first kappa shape index (κ1) is 19.3. The van der Waals surface area contributed by atoms with E-state index in [1.165, 1.54) is 0 Å². The van der Waals surface area contributed by atoms with Crippen molar-refractivity contribution in [2.75, 3.05) is 38.6 Å². The Bertz CT molecular complexity index is 485. The van der Waals surface area contributed by atoms with Gasteiger partial charge in [-0.25, -0.2) is 0 Å². The molecule has 0 radical (unpaired) electrons. The van der Waals surface area contributed by atoms with Crippen molar-refractivity contribution in [3.63, 3.8) is 0 Å². The van der Waals surface area contributed by atoms with Crippen LogP contribution in [-0.4, -0.2) is 55.7 Å². The average Bonchev–Trinajstić information content (AvgIpc) is 2.58. The molecule has 1 aromatic rings. The molecule has 7 heteroatoms. The summed E-state index contributed by atoms with van der Waals surface area (Å²) >= 11 is 3.86. The second-order valence-electron chi connectivity index (χ2n) is 4.72. The Balaban J connectivity index is 2.24. The highest BCUT2D eigenvalue weighted by Gasteiger charge is 2.08. The lowest BCUT2D eigenvalue weighted by molar-refractivity contribution is -0.118. The Kier molecular flexibility index (Phi) is 9.94. The Morgan fingerprint density at radius 2 is 2.00 bits per heavy atom.